The number of nitrogens with zero attached hydrogens (tertiary/aromatic N) is 2. The number of rotatable bonds is 2. The van der Waals surface area contributed by atoms with Crippen molar-refractivity contribution >= 4 is 28.2 Å². The van der Waals surface area contributed by atoms with Gasteiger partial charge in [0, 0.05) is 34.7 Å². The van der Waals surface area contributed by atoms with E-state index in [0.717, 1.165) is 28.2 Å². The molecule has 4 heteroatoms. The number of hydrogen-bond donors (Lipinski definition) is 1. The van der Waals surface area contributed by atoms with Crippen molar-refractivity contribution in [2.75, 3.05) is 18.4 Å². The quantitative estimate of drug-likeness (QED) is 0.880. The Balaban J connectivity index is 1.81. The molecule has 1 N–H and O–H groups in total. The maximum Gasteiger partial charge on any atom is 0.134 e. The van der Waals surface area contributed by atoms with Crippen LogP contribution in [0.15, 0.2) is 30.5 Å². The standard InChI is InChI=1S/C18H24ClN3/c1-18(2,3)22-10-4-5-15(12-22)21-17-16-7-6-14(19)11-13(16)8-9-20-17/h6-9,11,15H,4-5,10,12H2,1-3H3,(H,20,21)/t15-/m1/s1. The van der Waals surface area contributed by atoms with Gasteiger partial charge in [0.05, 0.1) is 0 Å². The van der Waals surface area contributed by atoms with E-state index in [4.69, 9.17) is 11.6 Å². The van der Waals surface area contributed by atoms with Crippen LogP contribution in [-0.2, 0) is 0 Å². The van der Waals surface area contributed by atoms with Crippen LogP contribution in [0.4, 0.5) is 5.82 Å². The Morgan fingerprint density at radius 3 is 2.86 bits per heavy atom. The summed E-state index contributed by atoms with van der Waals surface area (Å²) in [6, 6.07) is 8.43. The zero-order valence-corrected chi connectivity index (χ0v) is 14.3. The average Bonchev–Trinajstić information content (AvgIpc) is 2.46. The summed E-state index contributed by atoms with van der Waals surface area (Å²) in [6.07, 6.45) is 4.27. The van der Waals surface area contributed by atoms with Crippen LogP contribution >= 0.6 is 11.6 Å². The number of pyridine rings is 1. The zero-order valence-electron chi connectivity index (χ0n) is 13.6. The van der Waals surface area contributed by atoms with Gasteiger partial charge in [0.2, 0.25) is 0 Å². The lowest BCUT2D eigenvalue weighted by molar-refractivity contribution is 0.104. The fraction of sp³-hybridized carbons (Fsp3) is 0.500. The predicted molar refractivity (Wildman–Crippen MR) is 94.7 cm³/mol. The number of benzene rings is 1. The molecule has 1 saturated heterocycles. The Bertz CT molecular complexity index is 663. The molecule has 118 valence electrons. The largest absolute Gasteiger partial charge is 0.366 e. The van der Waals surface area contributed by atoms with Crippen molar-refractivity contribution in [2.45, 2.75) is 45.2 Å². The summed E-state index contributed by atoms with van der Waals surface area (Å²) >= 11 is 6.08. The molecule has 0 saturated carbocycles. The van der Waals surface area contributed by atoms with Crippen LogP contribution in [-0.4, -0.2) is 34.6 Å². The van der Waals surface area contributed by atoms with Gasteiger partial charge in [0.25, 0.3) is 0 Å². The van der Waals surface area contributed by atoms with Crippen LogP contribution in [0.3, 0.4) is 0 Å². The van der Waals surface area contributed by atoms with E-state index in [1.807, 2.05) is 24.4 Å². The second-order valence-electron chi connectivity index (χ2n) is 7.13. The van der Waals surface area contributed by atoms with Gasteiger partial charge in [-0.15, -0.1) is 0 Å². The Morgan fingerprint density at radius 1 is 1.27 bits per heavy atom. The molecule has 2 aromatic rings. The van der Waals surface area contributed by atoms with Crippen LogP contribution in [0.1, 0.15) is 33.6 Å². The molecule has 3 nitrogen and oxygen atoms in total. The van der Waals surface area contributed by atoms with E-state index < -0.39 is 0 Å². The van der Waals surface area contributed by atoms with Gasteiger partial charge in [0.1, 0.15) is 5.82 Å². The van der Waals surface area contributed by atoms with Gasteiger partial charge in [-0.2, -0.15) is 0 Å². The normalized spacial score (nSPS) is 20.3. The Labute approximate surface area is 137 Å². The lowest BCUT2D eigenvalue weighted by atomic mass is 9.98. The number of aromatic nitrogens is 1. The molecule has 2 heterocycles. The topological polar surface area (TPSA) is 28.2 Å². The van der Waals surface area contributed by atoms with Crippen LogP contribution in [0, 0.1) is 0 Å². The van der Waals surface area contributed by atoms with E-state index in [1.54, 1.807) is 0 Å². The van der Waals surface area contributed by atoms with Gasteiger partial charge in [-0.1, -0.05) is 11.6 Å². The van der Waals surface area contributed by atoms with Crippen LogP contribution in [0.5, 0.6) is 0 Å². The molecule has 0 unspecified atom stereocenters. The second kappa shape index (κ2) is 6.05. The Morgan fingerprint density at radius 2 is 2.09 bits per heavy atom. The number of likely N-dealkylation sites (tertiary alicyclic amines) is 1. The van der Waals surface area contributed by atoms with Gasteiger partial charge in [0.15, 0.2) is 0 Å². The maximum atomic E-state index is 6.08. The third kappa shape index (κ3) is 3.36. The highest BCUT2D eigenvalue weighted by Crippen LogP contribution is 2.27. The number of hydrogen-bond acceptors (Lipinski definition) is 3. The molecule has 1 aliphatic rings. The first-order chi connectivity index (χ1) is 10.4. The van der Waals surface area contributed by atoms with E-state index in [9.17, 15) is 0 Å². The highest BCUT2D eigenvalue weighted by atomic mass is 35.5. The van der Waals surface area contributed by atoms with E-state index in [1.165, 1.54) is 19.4 Å². The van der Waals surface area contributed by atoms with Crippen LogP contribution in [0.2, 0.25) is 5.02 Å². The summed E-state index contributed by atoms with van der Waals surface area (Å²) in [7, 11) is 0. The lowest BCUT2D eigenvalue weighted by Gasteiger charge is -2.42. The fourth-order valence-electron chi connectivity index (χ4n) is 3.16. The minimum absolute atomic E-state index is 0.222. The second-order valence-corrected chi connectivity index (χ2v) is 7.56. The Hall–Kier alpha value is -1.32. The zero-order chi connectivity index (χ0) is 15.7. The molecule has 0 radical (unpaired) electrons. The van der Waals surface area contributed by atoms with Crippen molar-refractivity contribution < 1.29 is 0 Å². The first kappa shape index (κ1) is 15.6. The molecule has 1 aromatic heterocycles. The summed E-state index contributed by atoms with van der Waals surface area (Å²) in [5.41, 5.74) is 0.222. The van der Waals surface area contributed by atoms with Crippen LogP contribution in [0.25, 0.3) is 10.8 Å². The molecule has 0 spiro atoms. The van der Waals surface area contributed by atoms with E-state index in [0.29, 0.717) is 6.04 Å². The van der Waals surface area contributed by atoms with E-state index >= 15 is 0 Å². The van der Waals surface area contributed by atoms with E-state index in [-0.39, 0.29) is 5.54 Å². The highest BCUT2D eigenvalue weighted by Gasteiger charge is 2.28. The van der Waals surface area contributed by atoms with Crippen LogP contribution < -0.4 is 5.32 Å². The summed E-state index contributed by atoms with van der Waals surface area (Å²) in [5.74, 6) is 0.968. The summed E-state index contributed by atoms with van der Waals surface area (Å²) in [5, 5.41) is 6.69. The van der Waals surface area contributed by atoms with Gasteiger partial charge in [-0.3, -0.25) is 4.90 Å². The predicted octanol–water partition coefficient (Wildman–Crippen LogP) is 4.56. The number of anilines is 1. The van der Waals surface area contributed by atoms with Gasteiger partial charge in [-0.25, -0.2) is 4.98 Å². The van der Waals surface area contributed by atoms with Crippen molar-refractivity contribution in [1.82, 2.24) is 9.88 Å². The van der Waals surface area contributed by atoms with Gasteiger partial charge < -0.3 is 5.32 Å². The first-order valence-electron chi connectivity index (χ1n) is 7.99. The van der Waals surface area contributed by atoms with Crippen molar-refractivity contribution in [3.8, 4) is 0 Å². The Kier molecular flexibility index (Phi) is 4.28. The van der Waals surface area contributed by atoms with Gasteiger partial charge in [-0.05, 0) is 69.8 Å². The summed E-state index contributed by atoms with van der Waals surface area (Å²) in [6.45, 7) is 9.10. The summed E-state index contributed by atoms with van der Waals surface area (Å²) in [4.78, 5) is 7.10. The molecule has 3 rings (SSSR count). The molecule has 0 amide bonds. The molecule has 0 bridgehead atoms. The number of piperidine rings is 1. The third-order valence-electron chi connectivity index (χ3n) is 4.44. The van der Waals surface area contributed by atoms with E-state index in [2.05, 4.69) is 42.0 Å². The SMILES string of the molecule is CC(C)(C)N1CCC[C@@H](Nc2nccc3cc(Cl)ccc23)C1. The molecular weight excluding hydrogens is 294 g/mol. The monoisotopic (exact) mass is 317 g/mol. The van der Waals surface area contributed by atoms with Crippen molar-refractivity contribution in [3.05, 3.63) is 35.5 Å². The molecular formula is C18H24ClN3. The smallest absolute Gasteiger partial charge is 0.134 e. The molecule has 1 atom stereocenters. The average molecular weight is 318 g/mol. The highest BCUT2D eigenvalue weighted by molar-refractivity contribution is 6.31. The molecule has 22 heavy (non-hydrogen) atoms. The minimum Gasteiger partial charge on any atom is -0.366 e. The van der Waals surface area contributed by atoms with Crippen molar-refractivity contribution in [3.63, 3.8) is 0 Å². The van der Waals surface area contributed by atoms with Gasteiger partial charge >= 0.3 is 0 Å². The molecule has 1 aromatic carbocycles. The minimum atomic E-state index is 0.222. The third-order valence-corrected chi connectivity index (χ3v) is 4.67. The number of fused-ring (bicyclic) bond motifs is 1. The molecule has 1 fully saturated rings. The lowest BCUT2D eigenvalue weighted by Crippen LogP contribution is -2.50. The fourth-order valence-corrected chi connectivity index (χ4v) is 3.34. The number of nitrogens with one attached hydrogen (secondary N) is 1. The molecule has 0 aliphatic carbocycles. The first-order valence-corrected chi connectivity index (χ1v) is 8.37. The maximum absolute atomic E-state index is 6.08. The van der Waals surface area contributed by atoms with Crippen molar-refractivity contribution in [2.24, 2.45) is 0 Å². The number of halogens is 1. The molecule has 1 aliphatic heterocycles. The summed E-state index contributed by atoms with van der Waals surface area (Å²) < 4.78 is 0. The van der Waals surface area contributed by atoms with Crippen molar-refractivity contribution in [1.29, 1.82) is 0 Å².